The number of hydrogen-bond donors (Lipinski definition) is 1. The lowest BCUT2D eigenvalue weighted by atomic mass is 9.98. The molecule has 3 rings (SSSR count). The third-order valence-electron chi connectivity index (χ3n) is 4.73. The van der Waals surface area contributed by atoms with E-state index in [9.17, 15) is 14.0 Å². The highest BCUT2D eigenvalue weighted by Gasteiger charge is 2.24. The number of rotatable bonds is 7. The highest BCUT2D eigenvalue weighted by Crippen LogP contribution is 2.16. The third-order valence-corrected chi connectivity index (χ3v) is 4.73. The first-order valence-electron chi connectivity index (χ1n) is 9.40. The van der Waals surface area contributed by atoms with Crippen molar-refractivity contribution in [1.29, 1.82) is 0 Å². The van der Waals surface area contributed by atoms with E-state index in [1.807, 2.05) is 30.3 Å². The summed E-state index contributed by atoms with van der Waals surface area (Å²) >= 11 is 0. The number of nitrogens with zero attached hydrogens (tertiary/aromatic N) is 2. The first-order valence-corrected chi connectivity index (χ1v) is 9.40. The second kappa shape index (κ2) is 9.94. The van der Waals surface area contributed by atoms with Gasteiger partial charge < -0.3 is 15.0 Å². The van der Waals surface area contributed by atoms with Crippen molar-refractivity contribution in [2.45, 2.75) is 19.4 Å². The second-order valence-electron chi connectivity index (χ2n) is 6.93. The number of carbonyl (C=O) groups excluding carboxylic acids is 2. The molecule has 1 aromatic heterocycles. The Bertz CT molecular complexity index is 800. The Morgan fingerprint density at radius 2 is 2.07 bits per heavy atom. The molecule has 1 fully saturated rings. The Morgan fingerprint density at radius 3 is 2.86 bits per heavy atom. The van der Waals surface area contributed by atoms with Crippen molar-refractivity contribution in [1.82, 2.24) is 15.2 Å². The van der Waals surface area contributed by atoms with Gasteiger partial charge in [-0.25, -0.2) is 4.39 Å². The summed E-state index contributed by atoms with van der Waals surface area (Å²) in [5.74, 6) is -0.780. The average Bonchev–Trinajstić information content (AvgIpc) is 2.73. The predicted octanol–water partition coefficient (Wildman–Crippen LogP) is 2.41. The van der Waals surface area contributed by atoms with Crippen LogP contribution in [0.5, 0.6) is 0 Å². The molecule has 7 heteroatoms. The van der Waals surface area contributed by atoms with Crippen LogP contribution in [0.1, 0.15) is 28.8 Å². The van der Waals surface area contributed by atoms with Crippen molar-refractivity contribution in [3.8, 4) is 0 Å². The van der Waals surface area contributed by atoms with Crippen LogP contribution in [0.3, 0.4) is 0 Å². The van der Waals surface area contributed by atoms with E-state index in [0.717, 1.165) is 30.7 Å². The predicted molar refractivity (Wildman–Crippen MR) is 102 cm³/mol. The normalized spacial score (nSPS) is 16.6. The second-order valence-corrected chi connectivity index (χ2v) is 6.93. The van der Waals surface area contributed by atoms with Crippen LogP contribution in [0.2, 0.25) is 0 Å². The summed E-state index contributed by atoms with van der Waals surface area (Å²) in [4.78, 5) is 30.0. The lowest BCUT2D eigenvalue weighted by Crippen LogP contribution is -2.45. The zero-order chi connectivity index (χ0) is 19.8. The van der Waals surface area contributed by atoms with Gasteiger partial charge in [0.05, 0.1) is 18.4 Å². The van der Waals surface area contributed by atoms with E-state index < -0.39 is 5.82 Å². The number of likely N-dealkylation sites (tertiary alicyclic amines) is 1. The molecule has 1 saturated heterocycles. The average molecular weight is 385 g/mol. The quantitative estimate of drug-likeness (QED) is 0.795. The fourth-order valence-electron chi connectivity index (χ4n) is 3.26. The number of benzene rings is 1. The van der Waals surface area contributed by atoms with E-state index in [1.54, 1.807) is 4.90 Å². The molecule has 1 unspecified atom stereocenters. The van der Waals surface area contributed by atoms with Crippen LogP contribution in [0, 0.1) is 11.7 Å². The molecular formula is C21H24FN3O3. The highest BCUT2D eigenvalue weighted by atomic mass is 19.1. The van der Waals surface area contributed by atoms with E-state index in [0.29, 0.717) is 26.2 Å². The number of aromatic nitrogens is 1. The minimum atomic E-state index is -0.544. The molecule has 2 heterocycles. The fraction of sp³-hybridized carbons (Fsp3) is 0.381. The van der Waals surface area contributed by atoms with Gasteiger partial charge in [-0.05, 0) is 30.4 Å². The minimum Gasteiger partial charge on any atom is -0.367 e. The molecule has 2 aromatic rings. The largest absolute Gasteiger partial charge is 0.367 e. The van der Waals surface area contributed by atoms with Gasteiger partial charge in [-0.15, -0.1) is 0 Å². The summed E-state index contributed by atoms with van der Waals surface area (Å²) in [5.41, 5.74) is 1.22. The van der Waals surface area contributed by atoms with Crippen LogP contribution >= 0.6 is 0 Å². The van der Waals surface area contributed by atoms with Crippen LogP contribution in [0.15, 0.2) is 48.8 Å². The lowest BCUT2D eigenvalue weighted by Gasteiger charge is -2.32. The monoisotopic (exact) mass is 385 g/mol. The van der Waals surface area contributed by atoms with Gasteiger partial charge in [-0.1, -0.05) is 30.3 Å². The molecule has 0 saturated carbocycles. The number of piperidine rings is 1. The summed E-state index contributed by atoms with van der Waals surface area (Å²) in [6.07, 6.45) is 4.20. The number of pyridine rings is 1. The Morgan fingerprint density at radius 1 is 1.25 bits per heavy atom. The number of nitrogens with one attached hydrogen (secondary N) is 1. The molecule has 0 bridgehead atoms. The molecule has 28 heavy (non-hydrogen) atoms. The maximum atomic E-state index is 13.2. The van der Waals surface area contributed by atoms with E-state index in [4.69, 9.17) is 4.74 Å². The number of carbonyl (C=O) groups is 2. The van der Waals surface area contributed by atoms with Crippen LogP contribution in [-0.4, -0.2) is 47.9 Å². The Labute approximate surface area is 163 Å². The standard InChI is InChI=1S/C21H24FN3O3/c22-19-9-18(11-23-12-19)21(27)24-10-17-7-4-8-25(13-17)20(26)15-28-14-16-5-2-1-3-6-16/h1-3,5-6,9,11-12,17H,4,7-8,10,13-15H2,(H,24,27). The number of amides is 2. The van der Waals surface area contributed by atoms with Gasteiger partial charge in [0.2, 0.25) is 5.91 Å². The third kappa shape index (κ3) is 5.85. The molecule has 148 valence electrons. The van der Waals surface area contributed by atoms with Crippen LogP contribution in [0.25, 0.3) is 0 Å². The van der Waals surface area contributed by atoms with Gasteiger partial charge in [-0.2, -0.15) is 0 Å². The van der Waals surface area contributed by atoms with E-state index in [1.165, 1.54) is 6.20 Å². The van der Waals surface area contributed by atoms with Crippen LogP contribution < -0.4 is 5.32 Å². The topological polar surface area (TPSA) is 71.5 Å². The summed E-state index contributed by atoms with van der Waals surface area (Å²) in [6.45, 7) is 2.16. The molecule has 0 spiro atoms. The molecule has 0 radical (unpaired) electrons. The molecule has 1 aliphatic heterocycles. The zero-order valence-corrected chi connectivity index (χ0v) is 15.6. The van der Waals surface area contributed by atoms with Gasteiger partial charge in [0, 0.05) is 25.8 Å². The van der Waals surface area contributed by atoms with Crippen LogP contribution in [-0.2, 0) is 16.1 Å². The number of hydrogen-bond acceptors (Lipinski definition) is 4. The molecule has 1 N–H and O–H groups in total. The van der Waals surface area contributed by atoms with Gasteiger partial charge >= 0.3 is 0 Å². The lowest BCUT2D eigenvalue weighted by molar-refractivity contribution is -0.138. The molecule has 1 aliphatic rings. The van der Waals surface area contributed by atoms with E-state index in [-0.39, 0.29) is 29.9 Å². The van der Waals surface area contributed by atoms with Gasteiger partial charge in [0.15, 0.2) is 0 Å². The smallest absolute Gasteiger partial charge is 0.252 e. The van der Waals surface area contributed by atoms with Crippen molar-refractivity contribution in [2.75, 3.05) is 26.2 Å². The summed E-state index contributed by atoms with van der Waals surface area (Å²) in [5, 5.41) is 2.81. The van der Waals surface area contributed by atoms with Crippen molar-refractivity contribution < 1.29 is 18.7 Å². The molecule has 2 amide bonds. The first kappa shape index (κ1) is 19.9. The number of halogens is 1. The number of ether oxygens (including phenoxy) is 1. The molecular weight excluding hydrogens is 361 g/mol. The Balaban J connectivity index is 1.41. The van der Waals surface area contributed by atoms with E-state index in [2.05, 4.69) is 10.3 Å². The van der Waals surface area contributed by atoms with Crippen molar-refractivity contribution >= 4 is 11.8 Å². The summed E-state index contributed by atoms with van der Waals surface area (Å²) < 4.78 is 18.7. The minimum absolute atomic E-state index is 0.0405. The van der Waals surface area contributed by atoms with Crippen molar-refractivity contribution in [3.05, 3.63) is 65.7 Å². The van der Waals surface area contributed by atoms with Gasteiger partial charge in [0.1, 0.15) is 12.4 Å². The van der Waals surface area contributed by atoms with E-state index >= 15 is 0 Å². The molecule has 1 aromatic carbocycles. The summed E-state index contributed by atoms with van der Waals surface area (Å²) in [6, 6.07) is 10.9. The zero-order valence-electron chi connectivity index (χ0n) is 15.6. The van der Waals surface area contributed by atoms with Crippen LogP contribution in [0.4, 0.5) is 4.39 Å². The Kier molecular flexibility index (Phi) is 7.08. The van der Waals surface area contributed by atoms with Crippen molar-refractivity contribution in [2.24, 2.45) is 5.92 Å². The SMILES string of the molecule is O=C(NCC1CCCN(C(=O)COCc2ccccc2)C1)c1cncc(F)c1. The van der Waals surface area contributed by atoms with Gasteiger partial charge in [0.25, 0.3) is 5.91 Å². The maximum absolute atomic E-state index is 13.2. The molecule has 1 atom stereocenters. The highest BCUT2D eigenvalue weighted by molar-refractivity contribution is 5.93. The Hall–Kier alpha value is -2.80. The summed E-state index contributed by atoms with van der Waals surface area (Å²) in [7, 11) is 0. The molecule has 6 nitrogen and oxygen atoms in total. The first-order chi connectivity index (χ1) is 13.6. The van der Waals surface area contributed by atoms with Crippen molar-refractivity contribution in [3.63, 3.8) is 0 Å². The fourth-order valence-corrected chi connectivity index (χ4v) is 3.26. The molecule has 0 aliphatic carbocycles. The maximum Gasteiger partial charge on any atom is 0.252 e. The van der Waals surface area contributed by atoms with Gasteiger partial charge in [-0.3, -0.25) is 14.6 Å².